The van der Waals surface area contributed by atoms with Crippen LogP contribution in [0.2, 0.25) is 0 Å². The van der Waals surface area contributed by atoms with Crippen molar-refractivity contribution in [2.45, 2.75) is 37.3 Å². The van der Waals surface area contributed by atoms with Gasteiger partial charge < -0.3 is 5.11 Å². The topological polar surface area (TPSA) is 75.4 Å². The van der Waals surface area contributed by atoms with Gasteiger partial charge in [-0.3, -0.25) is 4.68 Å². The van der Waals surface area contributed by atoms with Crippen LogP contribution in [-0.4, -0.2) is 40.6 Å². The number of sulfonamides is 1. The van der Waals surface area contributed by atoms with Gasteiger partial charge in [0.1, 0.15) is 17.2 Å². The number of benzene rings is 1. The molecule has 0 aliphatic heterocycles. The first kappa shape index (κ1) is 17.8. The van der Waals surface area contributed by atoms with Crippen LogP contribution in [-0.2, 0) is 23.1 Å². The van der Waals surface area contributed by atoms with Gasteiger partial charge in [0.25, 0.3) is 6.43 Å². The molecule has 1 N–H and O–H groups in total. The van der Waals surface area contributed by atoms with Crippen LogP contribution in [0, 0.1) is 5.92 Å². The Hall–Kier alpha value is -2.00. The first-order valence-electron chi connectivity index (χ1n) is 7.93. The van der Waals surface area contributed by atoms with Crippen LogP contribution >= 0.6 is 0 Å². The van der Waals surface area contributed by atoms with Gasteiger partial charge in [0.15, 0.2) is 0 Å². The quantitative estimate of drug-likeness (QED) is 0.773. The van der Waals surface area contributed by atoms with E-state index in [0.717, 1.165) is 29.9 Å². The Morgan fingerprint density at radius 3 is 2.76 bits per heavy atom. The zero-order valence-corrected chi connectivity index (χ0v) is 14.2. The third-order valence-electron chi connectivity index (χ3n) is 4.00. The Labute approximate surface area is 144 Å². The van der Waals surface area contributed by atoms with Gasteiger partial charge in [-0.1, -0.05) is 12.1 Å². The molecule has 1 aromatic heterocycles. The number of aromatic nitrogens is 2. The van der Waals surface area contributed by atoms with Gasteiger partial charge in [-0.2, -0.15) is 9.40 Å². The van der Waals surface area contributed by atoms with Crippen molar-refractivity contribution in [1.29, 1.82) is 0 Å². The summed E-state index contributed by atoms with van der Waals surface area (Å²) in [7, 11) is -3.86. The number of alkyl halides is 2. The fourth-order valence-corrected chi connectivity index (χ4v) is 4.02. The van der Waals surface area contributed by atoms with Crippen molar-refractivity contribution in [2.24, 2.45) is 5.92 Å². The average Bonchev–Trinajstić information content (AvgIpc) is 3.22. The van der Waals surface area contributed by atoms with Gasteiger partial charge in [-0.05, 0) is 36.5 Å². The van der Waals surface area contributed by atoms with E-state index in [1.54, 1.807) is 12.1 Å². The Balaban J connectivity index is 1.84. The van der Waals surface area contributed by atoms with Crippen LogP contribution in [0.15, 0.2) is 41.6 Å². The molecule has 0 spiro atoms. The molecule has 0 saturated heterocycles. The van der Waals surface area contributed by atoms with E-state index in [4.69, 9.17) is 0 Å². The van der Waals surface area contributed by atoms with Crippen LogP contribution < -0.4 is 0 Å². The maximum atomic E-state index is 12.9. The molecule has 1 fully saturated rings. The fourth-order valence-electron chi connectivity index (χ4n) is 2.56. The second kappa shape index (κ2) is 7.09. The molecule has 136 valence electrons. The Morgan fingerprint density at radius 2 is 2.12 bits per heavy atom. The minimum Gasteiger partial charge on any atom is -0.508 e. The summed E-state index contributed by atoms with van der Waals surface area (Å²) in [5.41, 5.74) is 0.657. The smallest absolute Gasteiger partial charge is 0.257 e. The molecule has 0 amide bonds. The maximum absolute atomic E-state index is 12.9. The summed E-state index contributed by atoms with van der Waals surface area (Å²) in [6, 6.07) is 6.40. The number of phenolic OH excluding ortho intramolecular Hbond substituents is 1. The summed E-state index contributed by atoms with van der Waals surface area (Å²) in [6.45, 7) is -0.185. The minimum atomic E-state index is -3.86. The van der Waals surface area contributed by atoms with Crippen molar-refractivity contribution in [3.05, 3.63) is 42.2 Å². The van der Waals surface area contributed by atoms with Crippen molar-refractivity contribution >= 4 is 10.0 Å². The fraction of sp³-hybridized carbons (Fsp3) is 0.438. The van der Waals surface area contributed by atoms with Crippen molar-refractivity contribution in [1.82, 2.24) is 14.1 Å². The average molecular weight is 371 g/mol. The number of aromatic hydroxyl groups is 1. The predicted octanol–water partition coefficient (Wildman–Crippen LogP) is 2.45. The normalized spacial score (nSPS) is 15.2. The number of halogens is 2. The van der Waals surface area contributed by atoms with Gasteiger partial charge in [0.05, 0.1) is 6.20 Å². The minimum absolute atomic E-state index is 0.0611. The molecule has 25 heavy (non-hydrogen) atoms. The third kappa shape index (κ3) is 4.55. The lowest BCUT2D eigenvalue weighted by atomic mass is 10.2. The van der Waals surface area contributed by atoms with Crippen molar-refractivity contribution < 1.29 is 22.3 Å². The molecule has 1 aliphatic rings. The molecule has 2 aromatic rings. The summed E-state index contributed by atoms with van der Waals surface area (Å²) in [5, 5.41) is 13.3. The van der Waals surface area contributed by atoms with Gasteiger partial charge in [-0.15, -0.1) is 0 Å². The molecular weight excluding hydrogens is 352 g/mol. The van der Waals surface area contributed by atoms with Crippen LogP contribution in [0.25, 0.3) is 0 Å². The molecule has 9 heteroatoms. The monoisotopic (exact) mass is 371 g/mol. The van der Waals surface area contributed by atoms with Gasteiger partial charge >= 0.3 is 0 Å². The first-order valence-corrected chi connectivity index (χ1v) is 9.37. The number of phenols is 1. The molecular formula is C16H19F2N3O3S. The zero-order valence-electron chi connectivity index (χ0n) is 13.4. The van der Waals surface area contributed by atoms with E-state index in [1.807, 2.05) is 0 Å². The van der Waals surface area contributed by atoms with E-state index >= 15 is 0 Å². The van der Waals surface area contributed by atoms with E-state index in [-0.39, 0.29) is 17.2 Å². The highest BCUT2D eigenvalue weighted by Gasteiger charge is 2.32. The largest absolute Gasteiger partial charge is 0.508 e. The molecule has 0 radical (unpaired) electrons. The second-order valence-corrected chi connectivity index (χ2v) is 8.14. The lowest BCUT2D eigenvalue weighted by Gasteiger charge is -2.21. The van der Waals surface area contributed by atoms with E-state index in [0.29, 0.717) is 18.0 Å². The van der Waals surface area contributed by atoms with Gasteiger partial charge in [0.2, 0.25) is 10.0 Å². The zero-order chi connectivity index (χ0) is 18.0. The summed E-state index contributed by atoms with van der Waals surface area (Å²) in [5.74, 6) is 0.370. The lowest BCUT2D eigenvalue weighted by Crippen LogP contribution is -2.32. The third-order valence-corrected chi connectivity index (χ3v) is 5.77. The SMILES string of the molecule is O=S(=O)(c1cnn(CC(F)F)c1)N(Cc1cccc(O)c1)CC1CC1. The van der Waals surface area contributed by atoms with Crippen LogP contribution in [0.5, 0.6) is 5.75 Å². The Bertz CT molecular complexity index is 835. The van der Waals surface area contributed by atoms with Crippen LogP contribution in [0.1, 0.15) is 18.4 Å². The number of nitrogens with zero attached hydrogens (tertiary/aromatic N) is 3. The molecule has 1 aliphatic carbocycles. The highest BCUT2D eigenvalue weighted by molar-refractivity contribution is 7.89. The molecule has 1 saturated carbocycles. The van der Waals surface area contributed by atoms with Crippen LogP contribution in [0.4, 0.5) is 8.78 Å². The molecule has 3 rings (SSSR count). The molecule has 0 atom stereocenters. The Kier molecular flexibility index (Phi) is 5.05. The van der Waals surface area contributed by atoms with E-state index in [1.165, 1.54) is 16.4 Å². The molecule has 0 unspecified atom stereocenters. The van der Waals surface area contributed by atoms with Crippen LogP contribution in [0.3, 0.4) is 0 Å². The Morgan fingerprint density at radius 1 is 1.36 bits per heavy atom. The van der Waals surface area contributed by atoms with E-state index in [9.17, 15) is 22.3 Å². The van der Waals surface area contributed by atoms with Crippen molar-refractivity contribution in [3.63, 3.8) is 0 Å². The van der Waals surface area contributed by atoms with Crippen molar-refractivity contribution in [2.75, 3.05) is 6.54 Å². The van der Waals surface area contributed by atoms with Gasteiger partial charge in [0, 0.05) is 19.3 Å². The van der Waals surface area contributed by atoms with Gasteiger partial charge in [-0.25, -0.2) is 17.2 Å². The number of hydrogen-bond donors (Lipinski definition) is 1. The second-order valence-electron chi connectivity index (χ2n) is 6.20. The molecule has 1 heterocycles. The summed E-state index contributed by atoms with van der Waals surface area (Å²) in [6.07, 6.45) is 1.56. The highest BCUT2D eigenvalue weighted by Crippen LogP contribution is 2.32. The summed E-state index contributed by atoms with van der Waals surface area (Å²) in [4.78, 5) is -0.103. The highest BCUT2D eigenvalue weighted by atomic mass is 32.2. The first-order chi connectivity index (χ1) is 11.8. The summed E-state index contributed by atoms with van der Waals surface area (Å²) < 4.78 is 53.0. The van der Waals surface area contributed by atoms with E-state index < -0.39 is 23.0 Å². The predicted molar refractivity (Wildman–Crippen MR) is 86.7 cm³/mol. The lowest BCUT2D eigenvalue weighted by molar-refractivity contribution is 0.121. The van der Waals surface area contributed by atoms with E-state index in [2.05, 4.69) is 5.10 Å². The van der Waals surface area contributed by atoms with Crippen molar-refractivity contribution in [3.8, 4) is 5.75 Å². The summed E-state index contributed by atoms with van der Waals surface area (Å²) >= 11 is 0. The number of rotatable bonds is 8. The standard InChI is InChI=1S/C16H19F2N3O3S/c17-16(18)11-20-10-15(7-19-20)25(23,24)21(8-12-4-5-12)9-13-2-1-3-14(22)6-13/h1-3,6-7,10,12,16,22H,4-5,8-9,11H2. The molecule has 0 bridgehead atoms. The maximum Gasteiger partial charge on any atom is 0.257 e. The number of hydrogen-bond acceptors (Lipinski definition) is 4. The molecule has 1 aromatic carbocycles. The molecule has 6 nitrogen and oxygen atoms in total.